The number of hydrogen-bond acceptors (Lipinski definition) is 6. The average molecular weight is 493 g/mol. The molecule has 0 bridgehead atoms. The highest BCUT2D eigenvalue weighted by molar-refractivity contribution is 5.99. The van der Waals surface area contributed by atoms with E-state index in [0.29, 0.717) is 47.8 Å². The molecule has 0 radical (unpaired) electrons. The van der Waals surface area contributed by atoms with Crippen molar-refractivity contribution in [2.45, 2.75) is 46.6 Å². The Labute approximate surface area is 212 Å². The molecule has 2 heterocycles. The number of nitrogens with zero attached hydrogens (tertiary/aromatic N) is 2. The second kappa shape index (κ2) is 10.7. The van der Waals surface area contributed by atoms with Gasteiger partial charge in [-0.1, -0.05) is 13.0 Å². The van der Waals surface area contributed by atoms with Gasteiger partial charge in [-0.05, 0) is 95.2 Å². The Morgan fingerprint density at radius 3 is 2.44 bits per heavy atom. The van der Waals surface area contributed by atoms with E-state index < -0.39 is 6.04 Å². The van der Waals surface area contributed by atoms with Gasteiger partial charge in [0.25, 0.3) is 5.91 Å². The summed E-state index contributed by atoms with van der Waals surface area (Å²) in [7, 11) is 4.01. The quantitative estimate of drug-likeness (QED) is 0.392. The number of carbonyl (C=O) groups excluding carboxylic acids is 1. The first-order valence-corrected chi connectivity index (χ1v) is 12.7. The van der Waals surface area contributed by atoms with Crippen LogP contribution in [0.2, 0.25) is 0 Å². The van der Waals surface area contributed by atoms with E-state index in [4.69, 9.17) is 13.9 Å². The van der Waals surface area contributed by atoms with Crippen LogP contribution in [0.15, 0.2) is 39.5 Å². The summed E-state index contributed by atoms with van der Waals surface area (Å²) >= 11 is 0. The van der Waals surface area contributed by atoms with Gasteiger partial charge in [-0.3, -0.25) is 9.59 Å². The Morgan fingerprint density at radius 2 is 1.75 bits per heavy atom. The van der Waals surface area contributed by atoms with E-state index in [1.165, 1.54) is 0 Å². The summed E-state index contributed by atoms with van der Waals surface area (Å²) in [6, 6.07) is 8.83. The molecule has 0 saturated heterocycles. The fourth-order valence-corrected chi connectivity index (χ4v) is 4.70. The molecule has 0 saturated carbocycles. The molecule has 7 nitrogen and oxygen atoms in total. The standard InChI is InChI=1S/C29H36N2O5/c1-7-14-35-22-11-10-20(17-24(22)34-8-2)26-25-27(32)21-15-18(3)19(4)16-23(21)36-28(25)29(33)31(26)13-9-12-30(5)6/h10-11,15-17,26H,7-9,12-14H2,1-6H3/t26-/m0/s1. The number of hydrogen-bond donors (Lipinski definition) is 0. The van der Waals surface area contributed by atoms with Gasteiger partial charge in [0.05, 0.1) is 30.2 Å². The van der Waals surface area contributed by atoms with Crippen molar-refractivity contribution in [3.05, 3.63) is 68.6 Å². The van der Waals surface area contributed by atoms with Gasteiger partial charge in [0.1, 0.15) is 5.58 Å². The van der Waals surface area contributed by atoms with Crippen molar-refractivity contribution in [1.82, 2.24) is 9.80 Å². The summed E-state index contributed by atoms with van der Waals surface area (Å²) in [5.74, 6) is 1.14. The summed E-state index contributed by atoms with van der Waals surface area (Å²) in [5, 5.41) is 0.498. The number of amides is 1. The highest BCUT2D eigenvalue weighted by atomic mass is 16.5. The average Bonchev–Trinajstić information content (AvgIpc) is 3.11. The first kappa shape index (κ1) is 25.8. The predicted octanol–water partition coefficient (Wildman–Crippen LogP) is 5.09. The highest BCUT2D eigenvalue weighted by Crippen LogP contribution is 2.41. The third kappa shape index (κ3) is 4.85. The van der Waals surface area contributed by atoms with Crippen LogP contribution in [0.1, 0.15) is 65.5 Å². The van der Waals surface area contributed by atoms with Crippen LogP contribution in [0, 0.1) is 13.8 Å². The molecule has 1 atom stereocenters. The zero-order chi connectivity index (χ0) is 26.0. The molecular formula is C29H36N2O5. The van der Waals surface area contributed by atoms with Gasteiger partial charge in [0.15, 0.2) is 16.9 Å². The van der Waals surface area contributed by atoms with E-state index in [1.54, 1.807) is 4.90 Å². The number of fused-ring (bicyclic) bond motifs is 2. The molecule has 0 aliphatic carbocycles. The topological polar surface area (TPSA) is 72.2 Å². The van der Waals surface area contributed by atoms with Crippen LogP contribution < -0.4 is 14.9 Å². The van der Waals surface area contributed by atoms with Gasteiger partial charge in [-0.2, -0.15) is 0 Å². The molecule has 1 aromatic heterocycles. The fraction of sp³-hybridized carbons (Fsp3) is 0.448. The Morgan fingerprint density at radius 1 is 1.00 bits per heavy atom. The molecule has 0 N–H and O–H groups in total. The lowest BCUT2D eigenvalue weighted by Crippen LogP contribution is -2.32. The third-order valence-corrected chi connectivity index (χ3v) is 6.63. The summed E-state index contributed by atoms with van der Waals surface area (Å²) in [5.41, 5.74) is 3.50. The van der Waals surface area contributed by atoms with E-state index in [2.05, 4.69) is 4.90 Å². The molecular weight excluding hydrogens is 456 g/mol. The SMILES string of the molecule is CCCOc1ccc([C@H]2c3c(oc4cc(C)c(C)cc4c3=O)C(=O)N2CCCN(C)C)cc1OCC. The Kier molecular flexibility index (Phi) is 7.69. The molecule has 4 rings (SSSR count). The number of rotatable bonds is 10. The van der Waals surface area contributed by atoms with Gasteiger partial charge in [-0.25, -0.2) is 0 Å². The van der Waals surface area contributed by atoms with Gasteiger partial charge < -0.3 is 23.7 Å². The minimum atomic E-state index is -0.559. The van der Waals surface area contributed by atoms with Crippen molar-refractivity contribution >= 4 is 16.9 Å². The van der Waals surface area contributed by atoms with Crippen molar-refractivity contribution in [2.24, 2.45) is 0 Å². The lowest BCUT2D eigenvalue weighted by molar-refractivity contribution is 0.0722. The maximum Gasteiger partial charge on any atom is 0.290 e. The molecule has 1 aliphatic heterocycles. The highest BCUT2D eigenvalue weighted by Gasteiger charge is 2.42. The molecule has 1 aliphatic rings. The van der Waals surface area contributed by atoms with Crippen molar-refractivity contribution in [3.8, 4) is 11.5 Å². The van der Waals surface area contributed by atoms with E-state index in [0.717, 1.165) is 36.1 Å². The van der Waals surface area contributed by atoms with Crippen molar-refractivity contribution in [2.75, 3.05) is 40.4 Å². The monoisotopic (exact) mass is 492 g/mol. The Bertz CT molecular complexity index is 1330. The molecule has 1 amide bonds. The maximum absolute atomic E-state index is 13.9. The lowest BCUT2D eigenvalue weighted by atomic mass is 9.97. The van der Waals surface area contributed by atoms with Crippen LogP contribution >= 0.6 is 0 Å². The molecule has 192 valence electrons. The molecule has 7 heteroatoms. The smallest absolute Gasteiger partial charge is 0.290 e. The molecule has 0 unspecified atom stereocenters. The van der Waals surface area contributed by atoms with Crippen molar-refractivity contribution < 1.29 is 18.7 Å². The lowest BCUT2D eigenvalue weighted by Gasteiger charge is -2.26. The normalized spacial score (nSPS) is 15.1. The Balaban J connectivity index is 1.88. The second-order valence-electron chi connectivity index (χ2n) is 9.65. The number of carbonyl (C=O) groups is 1. The zero-order valence-corrected chi connectivity index (χ0v) is 22.1. The van der Waals surface area contributed by atoms with E-state index >= 15 is 0 Å². The van der Waals surface area contributed by atoms with Gasteiger partial charge >= 0.3 is 0 Å². The van der Waals surface area contributed by atoms with Gasteiger partial charge in [0.2, 0.25) is 5.76 Å². The van der Waals surface area contributed by atoms with Crippen LogP contribution in [-0.4, -0.2) is 56.1 Å². The summed E-state index contributed by atoms with van der Waals surface area (Å²) in [6.07, 6.45) is 1.65. The molecule has 3 aromatic rings. The number of ether oxygens (including phenoxy) is 2. The number of aryl methyl sites for hydroxylation is 2. The Hall–Kier alpha value is -3.32. The van der Waals surface area contributed by atoms with E-state index in [-0.39, 0.29) is 17.1 Å². The van der Waals surface area contributed by atoms with Crippen LogP contribution in [0.4, 0.5) is 0 Å². The zero-order valence-electron chi connectivity index (χ0n) is 22.1. The molecule has 36 heavy (non-hydrogen) atoms. The maximum atomic E-state index is 13.9. The van der Waals surface area contributed by atoms with Crippen LogP contribution in [0.25, 0.3) is 11.0 Å². The van der Waals surface area contributed by atoms with E-state index in [9.17, 15) is 9.59 Å². The summed E-state index contributed by atoms with van der Waals surface area (Å²) in [6.45, 7) is 10.3. The summed E-state index contributed by atoms with van der Waals surface area (Å²) in [4.78, 5) is 31.3. The summed E-state index contributed by atoms with van der Waals surface area (Å²) < 4.78 is 17.9. The molecule has 0 spiro atoms. The number of benzene rings is 2. The van der Waals surface area contributed by atoms with Gasteiger partial charge in [-0.15, -0.1) is 0 Å². The van der Waals surface area contributed by atoms with Crippen molar-refractivity contribution in [1.29, 1.82) is 0 Å². The second-order valence-corrected chi connectivity index (χ2v) is 9.65. The predicted molar refractivity (Wildman–Crippen MR) is 141 cm³/mol. The minimum absolute atomic E-state index is 0.134. The minimum Gasteiger partial charge on any atom is -0.490 e. The molecule has 0 fully saturated rings. The van der Waals surface area contributed by atoms with E-state index in [1.807, 2.05) is 72.1 Å². The third-order valence-electron chi connectivity index (χ3n) is 6.63. The van der Waals surface area contributed by atoms with Crippen LogP contribution in [0.5, 0.6) is 11.5 Å². The fourth-order valence-electron chi connectivity index (χ4n) is 4.70. The molecule has 2 aromatic carbocycles. The first-order chi connectivity index (χ1) is 17.3. The van der Waals surface area contributed by atoms with Crippen molar-refractivity contribution in [3.63, 3.8) is 0 Å². The van der Waals surface area contributed by atoms with Crippen LogP contribution in [0.3, 0.4) is 0 Å². The largest absolute Gasteiger partial charge is 0.490 e. The van der Waals surface area contributed by atoms with Gasteiger partial charge in [0, 0.05) is 6.54 Å². The first-order valence-electron chi connectivity index (χ1n) is 12.7. The van der Waals surface area contributed by atoms with Crippen LogP contribution in [-0.2, 0) is 0 Å².